The molecule has 0 spiro atoms. The molecule has 0 unspecified atom stereocenters. The summed E-state index contributed by atoms with van der Waals surface area (Å²) in [7, 11) is 0. The van der Waals surface area contributed by atoms with Crippen LogP contribution in [0.5, 0.6) is 0 Å². The summed E-state index contributed by atoms with van der Waals surface area (Å²) in [5.41, 5.74) is 6.11. The predicted molar refractivity (Wildman–Crippen MR) is 105 cm³/mol. The van der Waals surface area contributed by atoms with Gasteiger partial charge in [-0.15, -0.1) is 0 Å². The second kappa shape index (κ2) is 9.84. The van der Waals surface area contributed by atoms with Crippen molar-refractivity contribution in [3.63, 3.8) is 0 Å². The highest BCUT2D eigenvalue weighted by atomic mass is 19.4. The van der Waals surface area contributed by atoms with E-state index >= 15 is 0 Å². The summed E-state index contributed by atoms with van der Waals surface area (Å²) < 4.78 is 69.1. The molecule has 1 saturated heterocycles. The number of nitrogens with one attached hydrogen (secondary N) is 2. The van der Waals surface area contributed by atoms with E-state index in [1.165, 1.54) is 6.07 Å². The average Bonchev–Trinajstić information content (AvgIpc) is 2.73. The molecule has 2 aliphatic rings. The number of morpholine rings is 1. The Morgan fingerprint density at radius 1 is 1.23 bits per heavy atom. The fourth-order valence-corrected chi connectivity index (χ4v) is 3.85. The van der Waals surface area contributed by atoms with Gasteiger partial charge in [-0.1, -0.05) is 0 Å². The quantitative estimate of drug-likeness (QED) is 0.576. The molecule has 1 aromatic heterocycles. The zero-order valence-electron chi connectivity index (χ0n) is 16.9. The lowest BCUT2D eigenvalue weighted by Gasteiger charge is -2.32. The fourth-order valence-electron chi connectivity index (χ4n) is 3.85. The number of carbonyl (C=O) groups excluding carboxylic acids is 1. The van der Waals surface area contributed by atoms with Gasteiger partial charge in [-0.3, -0.25) is 4.79 Å². The summed E-state index contributed by atoms with van der Waals surface area (Å²) in [6, 6.07) is 0.976. The maximum absolute atomic E-state index is 13.0. The van der Waals surface area contributed by atoms with Crippen molar-refractivity contribution in [2.24, 2.45) is 5.92 Å². The lowest BCUT2D eigenvalue weighted by atomic mass is 9.85. The van der Waals surface area contributed by atoms with Crippen molar-refractivity contribution in [2.45, 2.75) is 44.3 Å². The molecule has 1 aromatic rings. The molecule has 1 aliphatic carbocycles. The Morgan fingerprint density at radius 2 is 1.87 bits per heavy atom. The third kappa shape index (κ3) is 6.08. The van der Waals surface area contributed by atoms with E-state index in [4.69, 9.17) is 10.5 Å². The van der Waals surface area contributed by atoms with Gasteiger partial charge in [0.05, 0.1) is 36.9 Å². The zero-order chi connectivity index (χ0) is 22.6. The first-order valence-electron chi connectivity index (χ1n) is 10.2. The van der Waals surface area contributed by atoms with Crippen LogP contribution in [0.4, 0.5) is 39.3 Å². The molecule has 3 rings (SSSR count). The third-order valence-electron chi connectivity index (χ3n) is 5.54. The number of carbonyl (C=O) groups is 1. The van der Waals surface area contributed by atoms with E-state index < -0.39 is 31.0 Å². The number of nitrogens with two attached hydrogens (primary N) is 1. The number of nitrogen functional groups attached to an aromatic ring is 1. The number of anilines is 3. The minimum absolute atomic E-state index is 0.0311. The van der Waals surface area contributed by atoms with Gasteiger partial charge in [0.2, 0.25) is 0 Å². The van der Waals surface area contributed by atoms with Gasteiger partial charge < -0.3 is 26.0 Å². The molecule has 2 heterocycles. The minimum Gasteiger partial charge on any atom is -0.396 e. The van der Waals surface area contributed by atoms with E-state index in [1.54, 1.807) is 4.90 Å². The van der Waals surface area contributed by atoms with Gasteiger partial charge in [0.25, 0.3) is 12.3 Å². The van der Waals surface area contributed by atoms with Gasteiger partial charge in [-0.25, -0.2) is 13.8 Å². The van der Waals surface area contributed by atoms with Crippen LogP contribution in [-0.4, -0.2) is 62.4 Å². The number of nitrogens with zero attached hydrogens (tertiary/aromatic N) is 2. The van der Waals surface area contributed by atoms with E-state index in [2.05, 4.69) is 15.6 Å². The Hall–Kier alpha value is -2.37. The van der Waals surface area contributed by atoms with Crippen LogP contribution in [0, 0.1) is 5.92 Å². The van der Waals surface area contributed by atoms with Gasteiger partial charge in [-0.2, -0.15) is 13.2 Å². The Kier molecular flexibility index (Phi) is 7.39. The standard InChI is InChI=1S/C19H26F5N5O2/c20-15(21)10-26-16-14(25)9-13(17(28-16)29-5-7-31-8-6-29)18(30)27-12-3-1-11(2-4-12)19(22,23)24/h9,11-12,15H,1-8,10,25H2,(H,26,28)(H,27,30)/t11-,12-. The smallest absolute Gasteiger partial charge is 0.391 e. The van der Waals surface area contributed by atoms with Crippen LogP contribution in [0.25, 0.3) is 0 Å². The number of halogens is 5. The molecule has 1 aliphatic heterocycles. The van der Waals surface area contributed by atoms with E-state index in [0.717, 1.165) is 0 Å². The number of hydrogen-bond acceptors (Lipinski definition) is 6. The number of hydrogen-bond donors (Lipinski definition) is 3. The first kappa shape index (κ1) is 23.3. The lowest BCUT2D eigenvalue weighted by Crippen LogP contribution is -2.42. The highest BCUT2D eigenvalue weighted by Gasteiger charge is 2.41. The Bertz CT molecular complexity index is 763. The Labute approximate surface area is 176 Å². The number of amides is 1. The Morgan fingerprint density at radius 3 is 2.45 bits per heavy atom. The zero-order valence-corrected chi connectivity index (χ0v) is 16.9. The van der Waals surface area contributed by atoms with Gasteiger partial charge in [0.1, 0.15) is 5.82 Å². The molecule has 0 radical (unpaired) electrons. The van der Waals surface area contributed by atoms with Crippen molar-refractivity contribution >= 4 is 23.2 Å². The number of alkyl halides is 5. The van der Waals surface area contributed by atoms with Crippen LogP contribution in [0.1, 0.15) is 36.0 Å². The second-order valence-corrected chi connectivity index (χ2v) is 7.73. The third-order valence-corrected chi connectivity index (χ3v) is 5.54. The predicted octanol–water partition coefficient (Wildman–Crippen LogP) is 3.03. The van der Waals surface area contributed by atoms with Crippen LogP contribution in [0.3, 0.4) is 0 Å². The monoisotopic (exact) mass is 451 g/mol. The van der Waals surface area contributed by atoms with E-state index in [9.17, 15) is 26.7 Å². The van der Waals surface area contributed by atoms with Gasteiger partial charge in [0.15, 0.2) is 5.82 Å². The molecule has 1 amide bonds. The van der Waals surface area contributed by atoms with Crippen molar-refractivity contribution in [3.8, 4) is 0 Å². The topological polar surface area (TPSA) is 92.5 Å². The number of ether oxygens (including phenoxy) is 1. The summed E-state index contributed by atoms with van der Waals surface area (Å²) in [6.45, 7) is 1.07. The molecule has 2 fully saturated rings. The normalized spacial score (nSPS) is 22.5. The summed E-state index contributed by atoms with van der Waals surface area (Å²) >= 11 is 0. The average molecular weight is 451 g/mol. The summed E-state index contributed by atoms with van der Waals surface area (Å²) in [6.07, 6.45) is -6.47. The van der Waals surface area contributed by atoms with E-state index in [-0.39, 0.29) is 54.6 Å². The molecule has 174 valence electrons. The SMILES string of the molecule is Nc1cc(C(=O)N[C@H]2CC[C@H](C(F)(F)F)CC2)c(N2CCOCC2)nc1NCC(F)F. The van der Waals surface area contributed by atoms with Crippen LogP contribution in [-0.2, 0) is 4.74 Å². The molecule has 4 N–H and O–H groups in total. The lowest BCUT2D eigenvalue weighted by molar-refractivity contribution is -0.182. The maximum atomic E-state index is 13.0. The van der Waals surface area contributed by atoms with Gasteiger partial charge >= 0.3 is 6.18 Å². The van der Waals surface area contributed by atoms with Crippen molar-refractivity contribution < 1.29 is 31.5 Å². The van der Waals surface area contributed by atoms with E-state index in [1.807, 2.05) is 0 Å². The first-order chi connectivity index (χ1) is 14.6. The highest BCUT2D eigenvalue weighted by Crippen LogP contribution is 2.37. The van der Waals surface area contributed by atoms with Crippen molar-refractivity contribution in [3.05, 3.63) is 11.6 Å². The molecule has 0 bridgehead atoms. The van der Waals surface area contributed by atoms with Crippen LogP contribution in [0.2, 0.25) is 0 Å². The van der Waals surface area contributed by atoms with Crippen LogP contribution < -0.4 is 21.3 Å². The second-order valence-electron chi connectivity index (χ2n) is 7.73. The number of rotatable bonds is 6. The summed E-state index contributed by atoms with van der Waals surface area (Å²) in [5, 5.41) is 5.26. The molecule has 1 saturated carbocycles. The number of pyridine rings is 1. The van der Waals surface area contributed by atoms with Crippen molar-refractivity contribution in [2.75, 3.05) is 48.8 Å². The molecule has 7 nitrogen and oxygen atoms in total. The molecule has 12 heteroatoms. The Balaban J connectivity index is 1.76. The first-order valence-corrected chi connectivity index (χ1v) is 10.2. The largest absolute Gasteiger partial charge is 0.396 e. The summed E-state index contributed by atoms with van der Waals surface area (Å²) in [5.74, 6) is -1.53. The fraction of sp³-hybridized carbons (Fsp3) is 0.684. The van der Waals surface area contributed by atoms with Gasteiger partial charge in [0, 0.05) is 19.1 Å². The molecule has 0 atom stereocenters. The maximum Gasteiger partial charge on any atom is 0.391 e. The molecule has 0 aromatic carbocycles. The van der Waals surface area contributed by atoms with E-state index in [0.29, 0.717) is 26.3 Å². The van der Waals surface area contributed by atoms with Crippen LogP contribution in [0.15, 0.2) is 6.07 Å². The van der Waals surface area contributed by atoms with Crippen molar-refractivity contribution in [1.29, 1.82) is 0 Å². The van der Waals surface area contributed by atoms with Crippen LogP contribution >= 0.6 is 0 Å². The molecular weight excluding hydrogens is 425 g/mol. The number of aromatic nitrogens is 1. The van der Waals surface area contributed by atoms with Crippen molar-refractivity contribution in [1.82, 2.24) is 10.3 Å². The molecule has 31 heavy (non-hydrogen) atoms. The summed E-state index contributed by atoms with van der Waals surface area (Å²) in [4.78, 5) is 19.1. The minimum atomic E-state index is -4.22. The molecular formula is C19H26F5N5O2. The van der Waals surface area contributed by atoms with Gasteiger partial charge in [-0.05, 0) is 31.7 Å². The highest BCUT2D eigenvalue weighted by molar-refractivity contribution is 6.00.